The van der Waals surface area contributed by atoms with Crippen molar-refractivity contribution in [3.8, 4) is 0 Å². The van der Waals surface area contributed by atoms with Gasteiger partial charge in [0.15, 0.2) is 5.82 Å². The molecule has 0 amide bonds. The Morgan fingerprint density at radius 1 is 1.27 bits per heavy atom. The third kappa shape index (κ3) is 3.01. The maximum atomic E-state index is 13.2. The SMILES string of the molecule is CC(C)(C)C(N)=Nc1ccc(F)cc1F. The van der Waals surface area contributed by atoms with E-state index in [1.165, 1.54) is 6.07 Å². The van der Waals surface area contributed by atoms with Crippen molar-refractivity contribution in [3.63, 3.8) is 0 Å². The molecule has 0 unspecified atom stereocenters. The molecule has 82 valence electrons. The molecule has 0 aliphatic carbocycles. The fourth-order valence-corrected chi connectivity index (χ4v) is 0.869. The largest absolute Gasteiger partial charge is 0.387 e. The van der Waals surface area contributed by atoms with Gasteiger partial charge in [0.25, 0.3) is 0 Å². The Kier molecular flexibility index (Phi) is 3.07. The molecule has 0 aromatic heterocycles. The van der Waals surface area contributed by atoms with Gasteiger partial charge in [-0.25, -0.2) is 13.8 Å². The number of nitrogens with two attached hydrogens (primary N) is 1. The van der Waals surface area contributed by atoms with Crippen LogP contribution in [0.25, 0.3) is 0 Å². The first-order chi connectivity index (χ1) is 6.80. The summed E-state index contributed by atoms with van der Waals surface area (Å²) in [5, 5.41) is 0. The Bertz CT molecular complexity index is 392. The van der Waals surface area contributed by atoms with Crippen LogP contribution in [0.1, 0.15) is 20.8 Å². The van der Waals surface area contributed by atoms with Gasteiger partial charge in [0, 0.05) is 11.5 Å². The van der Waals surface area contributed by atoms with Crippen molar-refractivity contribution in [3.05, 3.63) is 29.8 Å². The van der Waals surface area contributed by atoms with Crippen molar-refractivity contribution in [1.82, 2.24) is 0 Å². The van der Waals surface area contributed by atoms with Crippen molar-refractivity contribution in [2.45, 2.75) is 20.8 Å². The molecule has 0 atom stereocenters. The number of nitrogens with zero attached hydrogens (tertiary/aromatic N) is 1. The molecular formula is C11H14F2N2. The molecule has 1 rings (SSSR count). The van der Waals surface area contributed by atoms with Crippen LogP contribution >= 0.6 is 0 Å². The van der Waals surface area contributed by atoms with E-state index in [0.29, 0.717) is 5.84 Å². The van der Waals surface area contributed by atoms with E-state index in [4.69, 9.17) is 5.73 Å². The zero-order valence-corrected chi connectivity index (χ0v) is 9.01. The van der Waals surface area contributed by atoms with E-state index in [-0.39, 0.29) is 11.1 Å². The van der Waals surface area contributed by atoms with Gasteiger partial charge in [-0.05, 0) is 12.1 Å². The summed E-state index contributed by atoms with van der Waals surface area (Å²) < 4.78 is 25.8. The number of benzene rings is 1. The molecule has 4 heteroatoms. The van der Waals surface area contributed by atoms with E-state index < -0.39 is 11.6 Å². The Hall–Kier alpha value is -1.45. The van der Waals surface area contributed by atoms with Crippen LogP contribution in [0.3, 0.4) is 0 Å². The van der Waals surface area contributed by atoms with Crippen LogP contribution in [0.2, 0.25) is 0 Å². The predicted molar refractivity (Wildman–Crippen MR) is 57.1 cm³/mol. The van der Waals surface area contributed by atoms with Crippen molar-refractivity contribution >= 4 is 11.5 Å². The van der Waals surface area contributed by atoms with E-state index in [1.54, 1.807) is 0 Å². The third-order valence-corrected chi connectivity index (χ3v) is 1.92. The minimum Gasteiger partial charge on any atom is -0.387 e. The quantitative estimate of drug-likeness (QED) is 0.564. The summed E-state index contributed by atoms with van der Waals surface area (Å²) in [6, 6.07) is 3.20. The van der Waals surface area contributed by atoms with E-state index in [2.05, 4.69) is 4.99 Å². The predicted octanol–water partition coefficient (Wildman–Crippen LogP) is 3.00. The van der Waals surface area contributed by atoms with Crippen LogP contribution in [-0.4, -0.2) is 5.84 Å². The Morgan fingerprint density at radius 2 is 1.87 bits per heavy atom. The van der Waals surface area contributed by atoms with Crippen LogP contribution in [0, 0.1) is 17.0 Å². The molecule has 0 heterocycles. The summed E-state index contributed by atoms with van der Waals surface area (Å²) in [6.45, 7) is 5.60. The first kappa shape index (κ1) is 11.6. The van der Waals surface area contributed by atoms with Crippen molar-refractivity contribution in [1.29, 1.82) is 0 Å². The number of halogens is 2. The summed E-state index contributed by atoms with van der Waals surface area (Å²) in [5.41, 5.74) is 5.41. The highest BCUT2D eigenvalue weighted by Gasteiger charge is 2.16. The fraction of sp³-hybridized carbons (Fsp3) is 0.364. The summed E-state index contributed by atoms with van der Waals surface area (Å²) in [7, 11) is 0. The molecular weight excluding hydrogens is 198 g/mol. The lowest BCUT2D eigenvalue weighted by molar-refractivity contribution is 0.577. The third-order valence-electron chi connectivity index (χ3n) is 1.92. The molecule has 0 saturated carbocycles. The standard InChI is InChI=1S/C11H14F2N2/c1-11(2,3)10(14)15-9-5-4-7(12)6-8(9)13/h4-6H,1-3H3,(H2,14,15). The van der Waals surface area contributed by atoms with Crippen molar-refractivity contribution < 1.29 is 8.78 Å². The normalized spacial score (nSPS) is 13.0. The molecule has 0 radical (unpaired) electrons. The molecule has 0 aliphatic heterocycles. The molecule has 0 fully saturated rings. The van der Waals surface area contributed by atoms with Gasteiger partial charge in [0.2, 0.25) is 0 Å². The molecule has 0 bridgehead atoms. The summed E-state index contributed by atoms with van der Waals surface area (Å²) in [5.74, 6) is -1.02. The van der Waals surface area contributed by atoms with Gasteiger partial charge >= 0.3 is 0 Å². The fourth-order valence-electron chi connectivity index (χ4n) is 0.869. The first-order valence-electron chi connectivity index (χ1n) is 4.60. The van der Waals surface area contributed by atoms with E-state index >= 15 is 0 Å². The lowest BCUT2D eigenvalue weighted by Gasteiger charge is -2.17. The molecule has 15 heavy (non-hydrogen) atoms. The van der Waals surface area contributed by atoms with Gasteiger partial charge < -0.3 is 5.73 Å². The zero-order valence-electron chi connectivity index (χ0n) is 9.01. The molecule has 2 nitrogen and oxygen atoms in total. The minimum absolute atomic E-state index is 0.0591. The monoisotopic (exact) mass is 212 g/mol. The van der Waals surface area contributed by atoms with E-state index in [1.807, 2.05) is 20.8 Å². The summed E-state index contributed by atoms with van der Waals surface area (Å²) >= 11 is 0. The number of rotatable bonds is 1. The van der Waals surface area contributed by atoms with Gasteiger partial charge in [0.1, 0.15) is 17.3 Å². The maximum Gasteiger partial charge on any atom is 0.151 e. The van der Waals surface area contributed by atoms with Crippen molar-refractivity contribution in [2.75, 3.05) is 0 Å². The van der Waals surface area contributed by atoms with Gasteiger partial charge in [-0.15, -0.1) is 0 Å². The lowest BCUT2D eigenvalue weighted by atomic mass is 9.95. The minimum atomic E-state index is -0.706. The topological polar surface area (TPSA) is 38.4 Å². The van der Waals surface area contributed by atoms with Crippen molar-refractivity contribution in [2.24, 2.45) is 16.1 Å². The number of hydrogen-bond donors (Lipinski definition) is 1. The zero-order chi connectivity index (χ0) is 11.6. The highest BCUT2D eigenvalue weighted by Crippen LogP contribution is 2.21. The summed E-state index contributed by atoms with van der Waals surface area (Å²) in [6.07, 6.45) is 0. The molecule has 2 N–H and O–H groups in total. The second-order valence-electron chi connectivity index (χ2n) is 4.34. The van der Waals surface area contributed by atoms with Crippen LogP contribution in [0.4, 0.5) is 14.5 Å². The number of hydrogen-bond acceptors (Lipinski definition) is 1. The van der Waals surface area contributed by atoms with Gasteiger partial charge in [-0.2, -0.15) is 0 Å². The molecule has 1 aromatic rings. The summed E-state index contributed by atoms with van der Waals surface area (Å²) in [4.78, 5) is 3.92. The van der Waals surface area contributed by atoms with Gasteiger partial charge in [0.05, 0.1) is 0 Å². The van der Waals surface area contributed by atoms with Crippen LogP contribution in [-0.2, 0) is 0 Å². The lowest BCUT2D eigenvalue weighted by Crippen LogP contribution is -2.28. The Morgan fingerprint density at radius 3 is 2.33 bits per heavy atom. The first-order valence-corrected chi connectivity index (χ1v) is 4.60. The van der Waals surface area contributed by atoms with Gasteiger partial charge in [-0.1, -0.05) is 20.8 Å². The second kappa shape index (κ2) is 3.96. The maximum absolute atomic E-state index is 13.2. The van der Waals surface area contributed by atoms with E-state index in [9.17, 15) is 8.78 Å². The molecule has 0 saturated heterocycles. The average Bonchev–Trinajstić information content (AvgIpc) is 2.08. The molecule has 0 spiro atoms. The van der Waals surface area contributed by atoms with E-state index in [0.717, 1.165) is 12.1 Å². The highest BCUT2D eigenvalue weighted by atomic mass is 19.1. The van der Waals surface area contributed by atoms with Crippen LogP contribution in [0.5, 0.6) is 0 Å². The molecule has 0 aliphatic rings. The molecule has 1 aromatic carbocycles. The second-order valence-corrected chi connectivity index (χ2v) is 4.34. The Balaban J connectivity index is 3.09. The highest BCUT2D eigenvalue weighted by molar-refractivity contribution is 5.87. The van der Waals surface area contributed by atoms with Crippen LogP contribution in [0.15, 0.2) is 23.2 Å². The Labute approximate surface area is 87.8 Å². The average molecular weight is 212 g/mol. The van der Waals surface area contributed by atoms with Crippen LogP contribution < -0.4 is 5.73 Å². The number of amidine groups is 1. The smallest absolute Gasteiger partial charge is 0.151 e. The number of aliphatic imine (C=N–C) groups is 1. The van der Waals surface area contributed by atoms with Gasteiger partial charge in [-0.3, -0.25) is 0 Å².